The van der Waals surface area contributed by atoms with Crippen molar-refractivity contribution < 1.29 is 32.2 Å². The van der Waals surface area contributed by atoms with Gasteiger partial charge in [-0.05, 0) is 48.4 Å². The lowest BCUT2D eigenvalue weighted by Crippen LogP contribution is -2.50. The van der Waals surface area contributed by atoms with Gasteiger partial charge in [-0.25, -0.2) is 22.1 Å². The molecule has 2 N–H and O–H groups in total. The van der Waals surface area contributed by atoms with Crippen molar-refractivity contribution in [2.75, 3.05) is 32.1 Å². The maximum Gasteiger partial charge on any atom is 0.248 e. The number of hydrogen-bond donors (Lipinski definition) is 2. The Bertz CT molecular complexity index is 1400. The summed E-state index contributed by atoms with van der Waals surface area (Å²) in [5, 5.41) is 16.3. The lowest BCUT2D eigenvalue weighted by atomic mass is 9.87. The second kappa shape index (κ2) is 11.2. The highest BCUT2D eigenvalue weighted by Crippen LogP contribution is 2.41. The van der Waals surface area contributed by atoms with Crippen LogP contribution in [0.2, 0.25) is 0 Å². The SMILES string of the molecule is COc1nc(N[C@H]2CCN(C(=O)CO)C[C@H]2F)nn2cc(F)c(-c3ccc4c(c3)C(CCC(F)F)CC=N4)c12. The molecule has 0 aliphatic carbocycles. The van der Waals surface area contributed by atoms with E-state index in [1.807, 2.05) is 0 Å². The first-order valence-electron chi connectivity index (χ1n) is 12.7. The van der Waals surface area contributed by atoms with Crippen LogP contribution in [-0.2, 0) is 4.79 Å². The average molecular weight is 549 g/mol. The Hall–Kier alpha value is -3.74. The number of aliphatic hydroxyl groups is 1. The lowest BCUT2D eigenvalue weighted by molar-refractivity contribution is -0.136. The predicted molar refractivity (Wildman–Crippen MR) is 136 cm³/mol. The molecule has 208 valence electrons. The number of aliphatic imine (C=N–C) groups is 1. The molecule has 0 radical (unpaired) electrons. The standard InChI is InChI=1S/C26H28F4N6O3/c1-39-25-24-23(15-2-4-19-16(10-15)14(6-8-31-19)3-5-21(29)30)18(28)12-36(24)34-26(33-25)32-20-7-9-35(11-17(20)27)22(38)13-37/h2,4,8,10,12,14,17,20-21,37H,3,5-7,9,11,13H2,1H3,(H,32,34)/t14?,17-,20+/m1/s1. The highest BCUT2D eigenvalue weighted by atomic mass is 19.3. The van der Waals surface area contributed by atoms with Crippen molar-refractivity contribution in [3.8, 4) is 17.0 Å². The van der Waals surface area contributed by atoms with Gasteiger partial charge in [-0.3, -0.25) is 9.79 Å². The number of fused-ring (bicyclic) bond motifs is 2. The Balaban J connectivity index is 1.45. The number of rotatable bonds is 8. The van der Waals surface area contributed by atoms with Gasteiger partial charge in [0.05, 0.1) is 37.1 Å². The summed E-state index contributed by atoms with van der Waals surface area (Å²) in [6.07, 6.45) is -0.139. The fourth-order valence-corrected chi connectivity index (χ4v) is 5.22. The number of aromatic nitrogens is 3. The summed E-state index contributed by atoms with van der Waals surface area (Å²) in [4.78, 5) is 21.7. The Labute approximate surface area is 221 Å². The number of hydrogen-bond acceptors (Lipinski definition) is 7. The zero-order valence-corrected chi connectivity index (χ0v) is 21.2. The molecule has 0 saturated carbocycles. The molecule has 1 fully saturated rings. The summed E-state index contributed by atoms with van der Waals surface area (Å²) in [7, 11) is 1.37. The summed E-state index contributed by atoms with van der Waals surface area (Å²) in [6.45, 7) is -0.615. The van der Waals surface area contributed by atoms with Gasteiger partial charge in [0.2, 0.25) is 24.2 Å². The minimum atomic E-state index is -2.41. The highest BCUT2D eigenvalue weighted by Gasteiger charge is 2.32. The molecule has 5 rings (SSSR count). The van der Waals surface area contributed by atoms with E-state index in [9.17, 15) is 18.0 Å². The van der Waals surface area contributed by atoms with Crippen LogP contribution in [0.4, 0.5) is 29.2 Å². The molecular weight excluding hydrogens is 520 g/mol. The number of nitrogens with one attached hydrogen (secondary N) is 1. The van der Waals surface area contributed by atoms with Gasteiger partial charge in [0, 0.05) is 19.2 Å². The van der Waals surface area contributed by atoms with E-state index < -0.39 is 37.0 Å². The van der Waals surface area contributed by atoms with Crippen LogP contribution in [0.15, 0.2) is 29.4 Å². The third kappa shape index (κ3) is 5.40. The van der Waals surface area contributed by atoms with Crippen molar-refractivity contribution in [3.05, 3.63) is 35.8 Å². The normalized spacial score (nSPS) is 20.9. The van der Waals surface area contributed by atoms with Gasteiger partial charge in [0.25, 0.3) is 0 Å². The molecule has 1 saturated heterocycles. The van der Waals surface area contributed by atoms with Crippen molar-refractivity contribution in [3.63, 3.8) is 0 Å². The Morgan fingerprint density at radius 3 is 2.87 bits per heavy atom. The second-order valence-electron chi connectivity index (χ2n) is 9.63. The third-order valence-corrected chi connectivity index (χ3v) is 7.20. The number of likely N-dealkylation sites (tertiary alicyclic amines) is 1. The molecule has 0 bridgehead atoms. The van der Waals surface area contributed by atoms with E-state index in [2.05, 4.69) is 20.4 Å². The first-order valence-corrected chi connectivity index (χ1v) is 12.7. The molecule has 1 aromatic carbocycles. The smallest absolute Gasteiger partial charge is 0.248 e. The van der Waals surface area contributed by atoms with Crippen molar-refractivity contribution >= 4 is 29.3 Å². The molecule has 39 heavy (non-hydrogen) atoms. The number of anilines is 1. The molecule has 13 heteroatoms. The molecule has 1 amide bonds. The van der Waals surface area contributed by atoms with Crippen LogP contribution < -0.4 is 10.1 Å². The molecule has 1 unspecified atom stereocenters. The summed E-state index contributed by atoms with van der Waals surface area (Å²) in [6, 6.07) is 4.49. The number of halogens is 4. The van der Waals surface area contributed by atoms with Gasteiger partial charge in [-0.15, -0.1) is 5.10 Å². The summed E-state index contributed by atoms with van der Waals surface area (Å²) in [5.41, 5.74) is 2.37. The molecule has 0 spiro atoms. The fraction of sp³-hybridized carbons (Fsp3) is 0.462. The van der Waals surface area contributed by atoms with E-state index in [-0.39, 0.29) is 61.2 Å². The van der Waals surface area contributed by atoms with Crippen LogP contribution in [0.1, 0.15) is 37.2 Å². The van der Waals surface area contributed by atoms with Gasteiger partial charge in [0.15, 0.2) is 5.82 Å². The lowest BCUT2D eigenvalue weighted by Gasteiger charge is -2.34. The predicted octanol–water partition coefficient (Wildman–Crippen LogP) is 4.12. The van der Waals surface area contributed by atoms with Crippen molar-refractivity contribution in [2.45, 2.75) is 50.2 Å². The van der Waals surface area contributed by atoms with E-state index in [1.54, 1.807) is 24.4 Å². The number of ether oxygens (including phenoxy) is 1. The molecule has 2 aliphatic rings. The van der Waals surface area contributed by atoms with Gasteiger partial charge >= 0.3 is 0 Å². The van der Waals surface area contributed by atoms with E-state index in [0.717, 1.165) is 5.56 Å². The molecule has 2 aromatic heterocycles. The second-order valence-corrected chi connectivity index (χ2v) is 9.63. The number of alkyl halides is 3. The summed E-state index contributed by atoms with van der Waals surface area (Å²) in [5.74, 6) is -1.23. The van der Waals surface area contributed by atoms with Gasteiger partial charge < -0.3 is 20.1 Å². The fourth-order valence-electron chi connectivity index (χ4n) is 5.22. The van der Waals surface area contributed by atoms with Crippen molar-refractivity contribution in [1.29, 1.82) is 0 Å². The van der Waals surface area contributed by atoms with Crippen LogP contribution in [0.25, 0.3) is 16.6 Å². The summed E-state index contributed by atoms with van der Waals surface area (Å²) >= 11 is 0. The van der Waals surface area contributed by atoms with E-state index in [0.29, 0.717) is 17.7 Å². The summed E-state index contributed by atoms with van der Waals surface area (Å²) < 4.78 is 62.7. The van der Waals surface area contributed by atoms with Crippen LogP contribution in [0.5, 0.6) is 5.88 Å². The van der Waals surface area contributed by atoms with Crippen LogP contribution in [-0.4, -0.2) is 82.2 Å². The Kier molecular flexibility index (Phi) is 7.69. The number of methoxy groups -OCH3 is 1. The highest BCUT2D eigenvalue weighted by molar-refractivity contribution is 5.86. The molecule has 3 atom stereocenters. The zero-order valence-electron chi connectivity index (χ0n) is 21.2. The average Bonchev–Trinajstić information content (AvgIpc) is 3.27. The third-order valence-electron chi connectivity index (χ3n) is 7.20. The molecule has 2 aliphatic heterocycles. The zero-order chi connectivity index (χ0) is 27.7. The number of carbonyl (C=O) groups excluding carboxylic acids is 1. The minimum Gasteiger partial charge on any atom is -0.479 e. The maximum atomic E-state index is 15.4. The number of benzene rings is 1. The van der Waals surface area contributed by atoms with E-state index in [1.165, 1.54) is 22.7 Å². The molecule has 3 aromatic rings. The van der Waals surface area contributed by atoms with Crippen LogP contribution in [0, 0.1) is 5.82 Å². The van der Waals surface area contributed by atoms with Crippen LogP contribution in [0.3, 0.4) is 0 Å². The largest absolute Gasteiger partial charge is 0.479 e. The number of aliphatic hydroxyl groups excluding tert-OH is 1. The molecular formula is C26H28F4N6O3. The van der Waals surface area contributed by atoms with Crippen LogP contribution >= 0.6 is 0 Å². The van der Waals surface area contributed by atoms with Gasteiger partial charge in [-0.1, -0.05) is 6.07 Å². The van der Waals surface area contributed by atoms with Crippen molar-refractivity contribution in [2.24, 2.45) is 4.99 Å². The first kappa shape index (κ1) is 26.9. The first-order chi connectivity index (χ1) is 18.8. The molecule has 9 nitrogen and oxygen atoms in total. The maximum absolute atomic E-state index is 15.4. The Morgan fingerprint density at radius 2 is 2.15 bits per heavy atom. The van der Waals surface area contributed by atoms with E-state index >= 15 is 4.39 Å². The molecule has 4 heterocycles. The topological polar surface area (TPSA) is 104 Å². The number of piperidine rings is 1. The quantitative estimate of drug-likeness (QED) is 0.411. The van der Waals surface area contributed by atoms with Gasteiger partial charge in [-0.2, -0.15) is 4.98 Å². The number of amides is 1. The number of carbonyl (C=O) groups is 1. The Morgan fingerprint density at radius 1 is 1.33 bits per heavy atom. The van der Waals surface area contributed by atoms with Gasteiger partial charge in [0.1, 0.15) is 18.3 Å². The van der Waals surface area contributed by atoms with E-state index in [4.69, 9.17) is 9.84 Å². The minimum absolute atomic E-state index is 0.0160. The monoisotopic (exact) mass is 548 g/mol. The van der Waals surface area contributed by atoms with Crippen molar-refractivity contribution in [1.82, 2.24) is 19.5 Å². The number of nitrogens with zero attached hydrogens (tertiary/aromatic N) is 5.